The summed E-state index contributed by atoms with van der Waals surface area (Å²) in [6.45, 7) is 5.67. The van der Waals surface area contributed by atoms with Crippen molar-refractivity contribution >= 4 is 23.5 Å². The minimum atomic E-state index is -0.569. The molecule has 1 aliphatic rings. The quantitative estimate of drug-likeness (QED) is 0.764. The number of anilines is 1. The Hall–Kier alpha value is -3.15. The molecule has 1 aliphatic heterocycles. The van der Waals surface area contributed by atoms with Gasteiger partial charge < -0.3 is 15.0 Å². The Morgan fingerprint density at radius 2 is 1.76 bits per heavy atom. The highest BCUT2D eigenvalue weighted by Gasteiger charge is 2.37. The number of esters is 1. The zero-order valence-corrected chi connectivity index (χ0v) is 17.0. The molecule has 152 valence electrons. The van der Waals surface area contributed by atoms with Crippen LogP contribution in [-0.4, -0.2) is 30.9 Å². The zero-order valence-electron chi connectivity index (χ0n) is 17.0. The SMILES string of the molecule is Cc1cccc(C)c1N1C[C@H](C(=O)OCC(=O)N[C@H](C)c2ccccc2)CC1=O. The molecule has 1 fully saturated rings. The highest BCUT2D eigenvalue weighted by atomic mass is 16.5. The van der Waals surface area contributed by atoms with Crippen LogP contribution in [0.15, 0.2) is 48.5 Å². The van der Waals surface area contributed by atoms with Crippen LogP contribution in [0.2, 0.25) is 0 Å². The zero-order chi connectivity index (χ0) is 21.0. The molecule has 0 spiro atoms. The third kappa shape index (κ3) is 4.83. The Balaban J connectivity index is 1.54. The summed E-state index contributed by atoms with van der Waals surface area (Å²) in [6, 6.07) is 15.2. The molecule has 2 amide bonds. The van der Waals surface area contributed by atoms with Crippen LogP contribution in [0, 0.1) is 19.8 Å². The first-order chi connectivity index (χ1) is 13.9. The van der Waals surface area contributed by atoms with E-state index < -0.39 is 11.9 Å². The van der Waals surface area contributed by atoms with Crippen molar-refractivity contribution in [2.75, 3.05) is 18.1 Å². The van der Waals surface area contributed by atoms with Crippen LogP contribution >= 0.6 is 0 Å². The molecule has 0 unspecified atom stereocenters. The Morgan fingerprint density at radius 3 is 2.41 bits per heavy atom. The third-order valence-corrected chi connectivity index (χ3v) is 5.19. The van der Waals surface area contributed by atoms with Crippen molar-refractivity contribution in [1.82, 2.24) is 5.32 Å². The minimum Gasteiger partial charge on any atom is -0.455 e. The van der Waals surface area contributed by atoms with Gasteiger partial charge in [0.25, 0.3) is 5.91 Å². The van der Waals surface area contributed by atoms with Gasteiger partial charge in [-0.15, -0.1) is 0 Å². The molecule has 29 heavy (non-hydrogen) atoms. The summed E-state index contributed by atoms with van der Waals surface area (Å²) in [5.41, 5.74) is 3.79. The standard InChI is InChI=1S/C23H26N2O4/c1-15-8-7-9-16(2)22(15)25-13-19(12-21(25)27)23(28)29-14-20(26)24-17(3)18-10-5-4-6-11-18/h4-11,17,19H,12-14H2,1-3H3,(H,24,26)/t17-,19-/m1/s1. The largest absolute Gasteiger partial charge is 0.455 e. The normalized spacial score (nSPS) is 17.1. The smallest absolute Gasteiger partial charge is 0.311 e. The van der Waals surface area contributed by atoms with E-state index in [9.17, 15) is 14.4 Å². The maximum Gasteiger partial charge on any atom is 0.311 e. The molecule has 2 atom stereocenters. The van der Waals surface area contributed by atoms with Crippen molar-refractivity contribution in [2.24, 2.45) is 5.92 Å². The predicted molar refractivity (Wildman–Crippen MR) is 110 cm³/mol. The Kier molecular flexibility index (Phi) is 6.32. The first-order valence-corrected chi connectivity index (χ1v) is 9.74. The lowest BCUT2D eigenvalue weighted by atomic mass is 10.1. The number of carbonyl (C=O) groups is 3. The van der Waals surface area contributed by atoms with E-state index in [2.05, 4.69) is 5.32 Å². The fourth-order valence-corrected chi connectivity index (χ4v) is 3.68. The van der Waals surface area contributed by atoms with Gasteiger partial charge in [0.05, 0.1) is 12.0 Å². The molecule has 1 saturated heterocycles. The van der Waals surface area contributed by atoms with Crippen LogP contribution < -0.4 is 10.2 Å². The van der Waals surface area contributed by atoms with Crippen molar-refractivity contribution in [3.05, 3.63) is 65.2 Å². The second-order valence-corrected chi connectivity index (χ2v) is 7.45. The number of hydrogen-bond acceptors (Lipinski definition) is 4. The number of amides is 2. The van der Waals surface area contributed by atoms with Crippen LogP contribution in [-0.2, 0) is 19.1 Å². The average molecular weight is 394 g/mol. The van der Waals surface area contributed by atoms with E-state index in [1.807, 2.05) is 69.3 Å². The summed E-state index contributed by atoms with van der Waals surface area (Å²) >= 11 is 0. The van der Waals surface area contributed by atoms with Crippen LogP contribution in [0.1, 0.15) is 36.1 Å². The lowest BCUT2D eigenvalue weighted by Gasteiger charge is -2.21. The summed E-state index contributed by atoms with van der Waals surface area (Å²) < 4.78 is 5.19. The molecule has 1 N–H and O–H groups in total. The van der Waals surface area contributed by atoms with Gasteiger partial charge in [-0.05, 0) is 37.5 Å². The maximum atomic E-state index is 12.5. The van der Waals surface area contributed by atoms with E-state index in [4.69, 9.17) is 4.74 Å². The lowest BCUT2D eigenvalue weighted by molar-refractivity contribution is -0.152. The Labute approximate surface area is 170 Å². The second-order valence-electron chi connectivity index (χ2n) is 7.45. The van der Waals surface area contributed by atoms with Gasteiger partial charge in [0.2, 0.25) is 5.91 Å². The molecule has 0 bridgehead atoms. The predicted octanol–water partition coefficient (Wildman–Crippen LogP) is 3.08. The molecule has 0 radical (unpaired) electrons. The number of aryl methyl sites for hydroxylation is 2. The maximum absolute atomic E-state index is 12.5. The van der Waals surface area contributed by atoms with Gasteiger partial charge >= 0.3 is 5.97 Å². The number of benzene rings is 2. The molecule has 0 aliphatic carbocycles. The highest BCUT2D eigenvalue weighted by Crippen LogP contribution is 2.31. The fraction of sp³-hybridized carbons (Fsp3) is 0.348. The van der Waals surface area contributed by atoms with Crippen molar-refractivity contribution in [1.29, 1.82) is 0 Å². The van der Waals surface area contributed by atoms with Gasteiger partial charge in [-0.1, -0.05) is 48.5 Å². The summed E-state index contributed by atoms with van der Waals surface area (Å²) in [6.07, 6.45) is 0.0919. The Morgan fingerprint density at radius 1 is 1.10 bits per heavy atom. The van der Waals surface area contributed by atoms with Crippen LogP contribution in [0.3, 0.4) is 0 Å². The van der Waals surface area contributed by atoms with Crippen LogP contribution in [0.4, 0.5) is 5.69 Å². The number of hydrogen-bond donors (Lipinski definition) is 1. The number of rotatable bonds is 6. The third-order valence-electron chi connectivity index (χ3n) is 5.19. The van der Waals surface area contributed by atoms with E-state index in [0.717, 1.165) is 22.4 Å². The van der Waals surface area contributed by atoms with Crippen molar-refractivity contribution < 1.29 is 19.1 Å². The molecular weight excluding hydrogens is 368 g/mol. The van der Waals surface area contributed by atoms with Gasteiger partial charge in [-0.2, -0.15) is 0 Å². The monoisotopic (exact) mass is 394 g/mol. The first kappa shape index (κ1) is 20.6. The molecule has 6 heteroatoms. The van der Waals surface area contributed by atoms with E-state index in [1.165, 1.54) is 0 Å². The van der Waals surface area contributed by atoms with Gasteiger partial charge in [0, 0.05) is 18.7 Å². The molecule has 3 rings (SSSR count). The molecule has 2 aromatic rings. The van der Waals surface area contributed by atoms with Gasteiger partial charge in [-0.25, -0.2) is 0 Å². The highest BCUT2D eigenvalue weighted by molar-refractivity contribution is 6.00. The fourth-order valence-electron chi connectivity index (χ4n) is 3.68. The molecule has 0 saturated carbocycles. The summed E-state index contributed by atoms with van der Waals surface area (Å²) in [5.74, 6) is -1.56. The number of carbonyl (C=O) groups excluding carboxylic acids is 3. The molecular formula is C23H26N2O4. The van der Waals surface area contributed by atoms with Crippen molar-refractivity contribution in [3.63, 3.8) is 0 Å². The van der Waals surface area contributed by atoms with Gasteiger partial charge in [-0.3, -0.25) is 14.4 Å². The van der Waals surface area contributed by atoms with E-state index in [-0.39, 0.29) is 37.4 Å². The number of nitrogens with zero attached hydrogens (tertiary/aromatic N) is 1. The van der Waals surface area contributed by atoms with Crippen LogP contribution in [0.25, 0.3) is 0 Å². The average Bonchev–Trinajstić information content (AvgIpc) is 3.08. The number of ether oxygens (including phenoxy) is 1. The van der Waals surface area contributed by atoms with E-state index >= 15 is 0 Å². The summed E-state index contributed by atoms with van der Waals surface area (Å²) in [4.78, 5) is 38.7. The van der Waals surface area contributed by atoms with Gasteiger partial charge in [0.15, 0.2) is 6.61 Å². The molecule has 2 aromatic carbocycles. The minimum absolute atomic E-state index is 0.0919. The molecule has 0 aromatic heterocycles. The van der Waals surface area contributed by atoms with Gasteiger partial charge in [0.1, 0.15) is 0 Å². The van der Waals surface area contributed by atoms with E-state index in [1.54, 1.807) is 4.90 Å². The van der Waals surface area contributed by atoms with Crippen LogP contribution in [0.5, 0.6) is 0 Å². The first-order valence-electron chi connectivity index (χ1n) is 9.74. The topological polar surface area (TPSA) is 75.7 Å². The molecule has 1 heterocycles. The van der Waals surface area contributed by atoms with Crippen molar-refractivity contribution in [2.45, 2.75) is 33.2 Å². The second kappa shape index (κ2) is 8.90. The van der Waals surface area contributed by atoms with E-state index in [0.29, 0.717) is 0 Å². The number of para-hydroxylation sites is 1. The summed E-state index contributed by atoms with van der Waals surface area (Å²) in [7, 11) is 0. The number of nitrogens with one attached hydrogen (secondary N) is 1. The summed E-state index contributed by atoms with van der Waals surface area (Å²) in [5, 5.41) is 2.81. The molecule has 6 nitrogen and oxygen atoms in total. The lowest BCUT2D eigenvalue weighted by Crippen LogP contribution is -2.33. The van der Waals surface area contributed by atoms with Crippen molar-refractivity contribution in [3.8, 4) is 0 Å². The Bertz CT molecular complexity index is 890.